The van der Waals surface area contributed by atoms with E-state index in [0.717, 1.165) is 0 Å². The van der Waals surface area contributed by atoms with E-state index in [0.29, 0.717) is 38.5 Å². The Kier molecular flexibility index (Phi) is 8.58. The molecule has 116 valence electrons. The fraction of sp³-hybridized carbons (Fsp3) is 0.429. The summed E-state index contributed by atoms with van der Waals surface area (Å²) in [4.78, 5) is 15.3. The number of hydrogen-bond donors (Lipinski definition) is 2. The molecule has 0 spiro atoms. The molecule has 7 heteroatoms. The first-order valence-corrected chi connectivity index (χ1v) is 6.63. The van der Waals surface area contributed by atoms with Gasteiger partial charge < -0.3 is 25.7 Å². The summed E-state index contributed by atoms with van der Waals surface area (Å²) < 4.78 is 15.5. The van der Waals surface area contributed by atoms with Gasteiger partial charge in [0.1, 0.15) is 6.61 Å². The molecule has 0 bridgehead atoms. The van der Waals surface area contributed by atoms with Gasteiger partial charge >= 0.3 is 5.97 Å². The summed E-state index contributed by atoms with van der Waals surface area (Å²) in [5, 5.41) is 0. The van der Waals surface area contributed by atoms with Gasteiger partial charge in [-0.3, -0.25) is 4.99 Å². The molecule has 0 heterocycles. The Morgan fingerprint density at radius 3 is 2.24 bits per heavy atom. The average Bonchev–Trinajstić information content (AvgIpc) is 2.49. The van der Waals surface area contributed by atoms with E-state index >= 15 is 0 Å². The fourth-order valence-electron chi connectivity index (χ4n) is 1.41. The van der Waals surface area contributed by atoms with Crippen LogP contribution in [0.2, 0.25) is 0 Å². The molecule has 1 aromatic carbocycles. The Balaban J connectivity index is 1.93. The van der Waals surface area contributed by atoms with Crippen LogP contribution in [0.1, 0.15) is 10.4 Å². The van der Waals surface area contributed by atoms with Crippen LogP contribution in [-0.4, -0.2) is 51.5 Å². The maximum absolute atomic E-state index is 11.6. The smallest absolute Gasteiger partial charge is 0.338 e. The molecule has 0 atom stereocenters. The van der Waals surface area contributed by atoms with Crippen LogP contribution < -0.4 is 11.5 Å². The fourth-order valence-corrected chi connectivity index (χ4v) is 1.41. The molecule has 0 amide bonds. The summed E-state index contributed by atoms with van der Waals surface area (Å²) >= 11 is 0. The zero-order valence-electron chi connectivity index (χ0n) is 11.9. The second kappa shape index (κ2) is 10.6. The number of carbonyl (C=O) groups excluding carboxylic acids is 1. The molecule has 21 heavy (non-hydrogen) atoms. The van der Waals surface area contributed by atoms with Gasteiger partial charge in [0.2, 0.25) is 0 Å². The van der Waals surface area contributed by atoms with Crippen molar-refractivity contribution in [3.8, 4) is 0 Å². The largest absolute Gasteiger partial charge is 0.460 e. The van der Waals surface area contributed by atoms with Crippen molar-refractivity contribution in [2.75, 3.05) is 39.6 Å². The minimum absolute atomic E-state index is 0.0510. The number of carbonyl (C=O) groups is 1. The van der Waals surface area contributed by atoms with Gasteiger partial charge in [0.05, 0.1) is 38.5 Å². The van der Waals surface area contributed by atoms with Gasteiger partial charge in [-0.1, -0.05) is 18.2 Å². The van der Waals surface area contributed by atoms with Gasteiger partial charge in [0.25, 0.3) is 0 Å². The van der Waals surface area contributed by atoms with E-state index in [1.54, 1.807) is 24.3 Å². The monoisotopic (exact) mass is 295 g/mol. The van der Waals surface area contributed by atoms with Crippen LogP contribution in [0.5, 0.6) is 0 Å². The summed E-state index contributed by atoms with van der Waals surface area (Å²) in [5.41, 5.74) is 10.8. The Labute approximate surface area is 123 Å². The highest BCUT2D eigenvalue weighted by Crippen LogP contribution is 2.00. The third-order valence-electron chi connectivity index (χ3n) is 2.37. The van der Waals surface area contributed by atoms with Crippen molar-refractivity contribution in [3.63, 3.8) is 0 Å². The molecule has 0 unspecified atom stereocenters. The van der Waals surface area contributed by atoms with Gasteiger partial charge in [-0.15, -0.1) is 0 Å². The van der Waals surface area contributed by atoms with Crippen molar-refractivity contribution in [1.29, 1.82) is 0 Å². The lowest BCUT2D eigenvalue weighted by molar-refractivity contribution is 0.0157. The van der Waals surface area contributed by atoms with Crippen LogP contribution in [0, 0.1) is 0 Å². The van der Waals surface area contributed by atoms with E-state index in [1.807, 2.05) is 6.07 Å². The van der Waals surface area contributed by atoms with E-state index < -0.39 is 0 Å². The van der Waals surface area contributed by atoms with Crippen LogP contribution >= 0.6 is 0 Å². The summed E-state index contributed by atoms with van der Waals surface area (Å²) in [7, 11) is 0. The van der Waals surface area contributed by atoms with Crippen LogP contribution in [0.15, 0.2) is 35.3 Å². The van der Waals surface area contributed by atoms with Crippen LogP contribution in [-0.2, 0) is 14.2 Å². The number of ether oxygens (including phenoxy) is 3. The molecule has 0 aliphatic rings. The molecule has 0 radical (unpaired) electrons. The molecular formula is C14H21N3O4. The Morgan fingerprint density at radius 1 is 0.952 bits per heavy atom. The van der Waals surface area contributed by atoms with Crippen LogP contribution in [0.4, 0.5) is 0 Å². The standard InChI is InChI=1S/C14H21N3O4/c15-14(16)17-6-7-19-8-9-20-10-11-21-13(18)12-4-2-1-3-5-12/h1-5H,6-11H2,(H4,15,16,17). The first kappa shape index (κ1) is 16.9. The number of nitrogens with zero attached hydrogens (tertiary/aromatic N) is 1. The normalized spacial score (nSPS) is 10.1. The minimum atomic E-state index is -0.354. The van der Waals surface area contributed by atoms with Crippen LogP contribution in [0.25, 0.3) is 0 Å². The van der Waals surface area contributed by atoms with E-state index in [1.165, 1.54) is 0 Å². The first-order chi connectivity index (χ1) is 10.2. The zero-order valence-corrected chi connectivity index (χ0v) is 11.9. The molecule has 1 aromatic rings. The van der Waals surface area contributed by atoms with Gasteiger partial charge in [-0.05, 0) is 12.1 Å². The lowest BCUT2D eigenvalue weighted by Gasteiger charge is -2.06. The number of guanidine groups is 1. The van der Waals surface area contributed by atoms with E-state index in [4.69, 9.17) is 25.7 Å². The van der Waals surface area contributed by atoms with Crippen LogP contribution in [0.3, 0.4) is 0 Å². The van der Waals surface area contributed by atoms with Gasteiger partial charge in [-0.2, -0.15) is 0 Å². The summed E-state index contributed by atoms with van der Waals surface area (Å²) in [6.07, 6.45) is 0. The van der Waals surface area contributed by atoms with Crippen molar-refractivity contribution in [2.45, 2.75) is 0 Å². The van der Waals surface area contributed by atoms with Crippen molar-refractivity contribution in [1.82, 2.24) is 0 Å². The predicted molar refractivity (Wildman–Crippen MR) is 79.0 cm³/mol. The molecule has 0 aliphatic carbocycles. The number of rotatable bonds is 10. The molecular weight excluding hydrogens is 274 g/mol. The number of esters is 1. The van der Waals surface area contributed by atoms with E-state index in [2.05, 4.69) is 4.99 Å². The van der Waals surface area contributed by atoms with Gasteiger partial charge in [0, 0.05) is 0 Å². The highest BCUT2D eigenvalue weighted by atomic mass is 16.6. The number of aliphatic imine (C=N–C) groups is 1. The van der Waals surface area contributed by atoms with Gasteiger partial charge in [-0.25, -0.2) is 4.79 Å². The topological polar surface area (TPSA) is 109 Å². The number of nitrogens with two attached hydrogens (primary N) is 2. The number of benzene rings is 1. The lowest BCUT2D eigenvalue weighted by atomic mass is 10.2. The van der Waals surface area contributed by atoms with Gasteiger partial charge in [0.15, 0.2) is 5.96 Å². The summed E-state index contributed by atoms with van der Waals surface area (Å²) in [6.45, 7) is 2.26. The minimum Gasteiger partial charge on any atom is -0.460 e. The summed E-state index contributed by atoms with van der Waals surface area (Å²) in [5.74, 6) is -0.303. The van der Waals surface area contributed by atoms with Crippen molar-refractivity contribution in [3.05, 3.63) is 35.9 Å². The Morgan fingerprint density at radius 2 is 1.57 bits per heavy atom. The average molecular weight is 295 g/mol. The molecule has 0 aliphatic heterocycles. The Bertz CT molecular complexity index is 433. The second-order valence-corrected chi connectivity index (χ2v) is 4.03. The predicted octanol–water partition coefficient (Wildman–Crippen LogP) is 0.150. The molecule has 1 rings (SSSR count). The van der Waals surface area contributed by atoms with Crippen molar-refractivity contribution in [2.24, 2.45) is 16.5 Å². The maximum atomic E-state index is 11.6. The quantitative estimate of drug-likeness (QED) is 0.275. The first-order valence-electron chi connectivity index (χ1n) is 6.63. The Hall–Kier alpha value is -2.12. The molecule has 0 saturated carbocycles. The summed E-state index contributed by atoms with van der Waals surface area (Å²) in [6, 6.07) is 8.81. The zero-order chi connectivity index (χ0) is 15.3. The van der Waals surface area contributed by atoms with Crippen molar-refractivity contribution < 1.29 is 19.0 Å². The molecule has 0 fully saturated rings. The molecule has 7 nitrogen and oxygen atoms in total. The third-order valence-corrected chi connectivity index (χ3v) is 2.37. The molecule has 4 N–H and O–H groups in total. The highest BCUT2D eigenvalue weighted by molar-refractivity contribution is 5.89. The van der Waals surface area contributed by atoms with E-state index in [9.17, 15) is 4.79 Å². The number of hydrogen-bond acceptors (Lipinski definition) is 5. The highest BCUT2D eigenvalue weighted by Gasteiger charge is 2.04. The van der Waals surface area contributed by atoms with E-state index in [-0.39, 0.29) is 18.5 Å². The van der Waals surface area contributed by atoms with Crippen molar-refractivity contribution >= 4 is 11.9 Å². The maximum Gasteiger partial charge on any atom is 0.338 e. The molecule has 0 aromatic heterocycles. The third kappa shape index (κ3) is 8.61. The molecule has 0 saturated heterocycles. The second-order valence-electron chi connectivity index (χ2n) is 4.03. The lowest BCUT2D eigenvalue weighted by Crippen LogP contribution is -2.23. The SMILES string of the molecule is NC(N)=NCCOCCOCCOC(=O)c1ccccc1.